The van der Waals surface area contributed by atoms with Crippen LogP contribution in [0.2, 0.25) is 0 Å². The highest BCUT2D eigenvalue weighted by Gasteiger charge is 2.27. The topological polar surface area (TPSA) is 99.5 Å². The van der Waals surface area contributed by atoms with Gasteiger partial charge in [-0.15, -0.1) is 11.3 Å². The van der Waals surface area contributed by atoms with Gasteiger partial charge >= 0.3 is 5.91 Å². The average Bonchev–Trinajstić information content (AvgIpc) is 3.06. The van der Waals surface area contributed by atoms with Crippen LogP contribution in [-0.2, 0) is 26.8 Å². The largest absolute Gasteiger partial charge is 0.507 e. The summed E-state index contributed by atoms with van der Waals surface area (Å²) in [6.07, 6.45) is 0.308. The van der Waals surface area contributed by atoms with Gasteiger partial charge in [-0.05, 0) is 23.0 Å². The van der Waals surface area contributed by atoms with Crippen molar-refractivity contribution >= 4 is 23.0 Å². The Morgan fingerprint density at radius 3 is 2.07 bits per heavy atom. The molecule has 0 spiro atoms. The molecule has 0 bridgehead atoms. The van der Waals surface area contributed by atoms with Gasteiger partial charge in [-0.2, -0.15) is 0 Å². The van der Waals surface area contributed by atoms with Crippen LogP contribution in [0, 0.1) is 0 Å². The van der Waals surface area contributed by atoms with Gasteiger partial charge in [0, 0.05) is 34.9 Å². The van der Waals surface area contributed by atoms with Crippen LogP contribution >= 0.6 is 11.3 Å². The minimum atomic E-state index is -1.01. The fourth-order valence-corrected chi connectivity index (χ4v) is 3.69. The number of nitrogens with zero attached hydrogens (tertiary/aromatic N) is 1. The Hall–Kier alpha value is -2.25. The van der Waals surface area contributed by atoms with Crippen LogP contribution in [0.5, 0.6) is 5.75 Å². The normalized spacial score (nSPS) is 12.1. The first-order valence-corrected chi connectivity index (χ1v) is 10.0. The molecule has 0 fully saturated rings. The third kappa shape index (κ3) is 4.97. The number of aromatic hydroxyl groups is 1. The zero-order chi connectivity index (χ0) is 21.3. The lowest BCUT2D eigenvalue weighted by atomic mass is 9.78. The quantitative estimate of drug-likeness (QED) is 0.395. The molecule has 0 atom stereocenters. The van der Waals surface area contributed by atoms with Crippen molar-refractivity contribution in [2.45, 2.75) is 65.2 Å². The van der Waals surface area contributed by atoms with E-state index >= 15 is 0 Å². The van der Waals surface area contributed by atoms with Crippen LogP contribution in [0.1, 0.15) is 64.1 Å². The van der Waals surface area contributed by atoms with Gasteiger partial charge in [0.15, 0.2) is 0 Å². The van der Waals surface area contributed by atoms with E-state index in [9.17, 15) is 14.7 Å². The van der Waals surface area contributed by atoms with Crippen molar-refractivity contribution in [2.75, 3.05) is 0 Å². The molecule has 1 heterocycles. The van der Waals surface area contributed by atoms with Crippen molar-refractivity contribution in [1.82, 2.24) is 10.5 Å². The Balaban J connectivity index is 2.39. The maximum atomic E-state index is 11.5. The van der Waals surface area contributed by atoms with Gasteiger partial charge in [0.25, 0.3) is 0 Å². The van der Waals surface area contributed by atoms with E-state index in [1.165, 1.54) is 16.8 Å². The second-order valence-electron chi connectivity index (χ2n) is 8.91. The number of nitrogens with one attached hydrogen (secondary N) is 1. The van der Waals surface area contributed by atoms with E-state index in [1.807, 2.05) is 17.5 Å². The summed E-state index contributed by atoms with van der Waals surface area (Å²) in [5.74, 6) is -1.38. The Morgan fingerprint density at radius 1 is 1.07 bits per heavy atom. The lowest BCUT2D eigenvalue weighted by molar-refractivity contribution is -0.143. The van der Waals surface area contributed by atoms with E-state index in [0.717, 1.165) is 27.4 Å². The predicted molar refractivity (Wildman–Crippen MR) is 110 cm³/mol. The van der Waals surface area contributed by atoms with E-state index in [-0.39, 0.29) is 17.3 Å². The molecular weight excluding hydrogens is 376 g/mol. The number of phenolic OH excluding ortho intramolecular Hbond substituents is 1. The number of thiazole rings is 1. The zero-order valence-corrected chi connectivity index (χ0v) is 18.0. The van der Waals surface area contributed by atoms with E-state index < -0.39 is 11.7 Å². The molecule has 0 saturated carbocycles. The van der Waals surface area contributed by atoms with Crippen LogP contribution in [0.25, 0.3) is 11.3 Å². The highest BCUT2D eigenvalue weighted by Crippen LogP contribution is 2.42. The number of hydrogen-bond donors (Lipinski definition) is 3. The molecule has 0 aliphatic heterocycles. The molecule has 0 radical (unpaired) electrons. The van der Waals surface area contributed by atoms with E-state index in [0.29, 0.717) is 12.2 Å². The molecule has 7 heteroatoms. The third-order valence-electron chi connectivity index (χ3n) is 4.49. The minimum absolute atomic E-state index is 0.0184. The van der Waals surface area contributed by atoms with E-state index in [4.69, 9.17) is 5.21 Å². The maximum absolute atomic E-state index is 11.5. The summed E-state index contributed by atoms with van der Waals surface area (Å²) in [5, 5.41) is 22.0. The van der Waals surface area contributed by atoms with Crippen LogP contribution in [0.15, 0.2) is 17.5 Å². The van der Waals surface area contributed by atoms with Crippen molar-refractivity contribution < 1.29 is 19.9 Å². The van der Waals surface area contributed by atoms with Gasteiger partial charge in [0.2, 0.25) is 5.78 Å². The molecule has 152 valence electrons. The standard InChI is InChI=1S/C21H28N2O4S/c1-20(2,3)13-9-12(10-14(18(13)25)21(4,5)6)15-11-28-17(22-15)8-7-16(24)19(26)23-27/h9-11,25,27H,7-8H2,1-6H3,(H,23,26). The van der Waals surface area contributed by atoms with Gasteiger partial charge in [0.05, 0.1) is 10.7 Å². The van der Waals surface area contributed by atoms with Gasteiger partial charge < -0.3 is 5.11 Å². The first-order chi connectivity index (χ1) is 12.8. The number of hydroxylamine groups is 1. The monoisotopic (exact) mass is 404 g/mol. The summed E-state index contributed by atoms with van der Waals surface area (Å²) in [6, 6.07) is 3.93. The summed E-state index contributed by atoms with van der Waals surface area (Å²) in [4.78, 5) is 27.3. The van der Waals surface area contributed by atoms with Crippen LogP contribution < -0.4 is 5.48 Å². The predicted octanol–water partition coefficient (Wildman–Crippen LogP) is 4.12. The van der Waals surface area contributed by atoms with Crippen molar-refractivity contribution in [3.8, 4) is 17.0 Å². The Bertz CT molecular complexity index is 854. The molecule has 1 amide bonds. The van der Waals surface area contributed by atoms with Crippen molar-refractivity contribution in [2.24, 2.45) is 0 Å². The third-order valence-corrected chi connectivity index (χ3v) is 5.40. The SMILES string of the molecule is CC(C)(C)c1cc(-c2csc(CCC(=O)C(=O)NO)n2)cc(C(C)(C)C)c1O. The fraction of sp³-hybridized carbons (Fsp3) is 0.476. The fourth-order valence-electron chi connectivity index (χ4n) is 2.88. The Morgan fingerprint density at radius 2 is 1.61 bits per heavy atom. The van der Waals surface area contributed by atoms with Crippen LogP contribution in [0.3, 0.4) is 0 Å². The number of ketones is 1. The molecular formula is C21H28N2O4S. The molecule has 0 unspecified atom stereocenters. The maximum Gasteiger partial charge on any atom is 0.310 e. The molecule has 2 aromatic rings. The number of rotatable bonds is 5. The molecule has 0 aliphatic rings. The minimum Gasteiger partial charge on any atom is -0.507 e. The number of Topliss-reactive ketones (excluding diaryl/α,β-unsaturated/α-hetero) is 1. The molecule has 1 aromatic heterocycles. The first kappa shape index (κ1) is 22.0. The second-order valence-corrected chi connectivity index (χ2v) is 9.85. The molecule has 3 N–H and O–H groups in total. The molecule has 1 aromatic carbocycles. The summed E-state index contributed by atoms with van der Waals surface area (Å²) in [5.41, 5.74) is 4.29. The highest BCUT2D eigenvalue weighted by molar-refractivity contribution is 7.09. The summed E-state index contributed by atoms with van der Waals surface area (Å²) >= 11 is 1.42. The summed E-state index contributed by atoms with van der Waals surface area (Å²) in [6.45, 7) is 12.3. The van der Waals surface area contributed by atoms with Crippen molar-refractivity contribution in [1.29, 1.82) is 0 Å². The number of carbonyl (C=O) groups is 2. The van der Waals surface area contributed by atoms with Crippen LogP contribution in [-0.4, -0.2) is 27.0 Å². The van der Waals surface area contributed by atoms with Crippen molar-refractivity contribution in [3.63, 3.8) is 0 Å². The highest BCUT2D eigenvalue weighted by atomic mass is 32.1. The number of benzene rings is 1. The average molecular weight is 405 g/mol. The number of amides is 1. The molecule has 0 aliphatic carbocycles. The van der Waals surface area contributed by atoms with Crippen molar-refractivity contribution in [3.05, 3.63) is 33.6 Å². The number of phenols is 1. The zero-order valence-electron chi connectivity index (χ0n) is 17.2. The smallest absolute Gasteiger partial charge is 0.310 e. The number of hydrogen-bond acceptors (Lipinski definition) is 6. The second kappa shape index (κ2) is 8.01. The number of aromatic nitrogens is 1. The molecule has 6 nitrogen and oxygen atoms in total. The molecule has 28 heavy (non-hydrogen) atoms. The van der Waals surface area contributed by atoms with Gasteiger partial charge in [-0.1, -0.05) is 41.5 Å². The van der Waals surface area contributed by atoms with Gasteiger partial charge in [-0.25, -0.2) is 10.5 Å². The van der Waals surface area contributed by atoms with Gasteiger partial charge in [-0.3, -0.25) is 14.8 Å². The number of aryl methyl sites for hydroxylation is 1. The summed E-state index contributed by atoms with van der Waals surface area (Å²) in [7, 11) is 0. The number of carbonyl (C=O) groups excluding carboxylic acids is 2. The van der Waals surface area contributed by atoms with Gasteiger partial charge in [0.1, 0.15) is 5.75 Å². The first-order valence-electron chi connectivity index (χ1n) is 9.14. The Kier molecular flexibility index (Phi) is 6.31. The Labute approximate surface area is 169 Å². The van der Waals surface area contributed by atoms with E-state index in [2.05, 4.69) is 46.5 Å². The molecule has 0 saturated heterocycles. The summed E-state index contributed by atoms with van der Waals surface area (Å²) < 4.78 is 0. The lowest BCUT2D eigenvalue weighted by Crippen LogP contribution is -2.28. The molecule has 2 rings (SSSR count). The lowest BCUT2D eigenvalue weighted by Gasteiger charge is -2.28. The van der Waals surface area contributed by atoms with Crippen LogP contribution in [0.4, 0.5) is 0 Å². The van der Waals surface area contributed by atoms with E-state index in [1.54, 1.807) is 0 Å².